The fraction of sp³-hybridized carbons (Fsp3) is 0.154. The smallest absolute Gasteiger partial charge is 0.141 e. The third kappa shape index (κ3) is 2.42. The van der Waals surface area contributed by atoms with Gasteiger partial charge in [0.2, 0.25) is 0 Å². The predicted octanol–water partition coefficient (Wildman–Crippen LogP) is 4.25. The highest BCUT2D eigenvalue weighted by molar-refractivity contribution is 9.10. The Morgan fingerprint density at radius 3 is 2.62 bits per heavy atom. The van der Waals surface area contributed by atoms with E-state index in [1.807, 2.05) is 38.1 Å². The summed E-state index contributed by atoms with van der Waals surface area (Å²) in [5.74, 6) is 1.65. The zero-order chi connectivity index (χ0) is 11.5. The van der Waals surface area contributed by atoms with Crippen LogP contribution < -0.4 is 4.74 Å². The fourth-order valence-electron chi connectivity index (χ4n) is 1.38. The molecule has 0 bridgehead atoms. The van der Waals surface area contributed by atoms with E-state index in [4.69, 9.17) is 4.74 Å². The first-order valence-electron chi connectivity index (χ1n) is 5.01. The maximum absolute atomic E-state index is 5.81. The van der Waals surface area contributed by atoms with Gasteiger partial charge in [0.15, 0.2) is 0 Å². The molecule has 82 valence electrons. The summed E-state index contributed by atoms with van der Waals surface area (Å²) in [4.78, 5) is 4.03. The van der Waals surface area contributed by atoms with E-state index < -0.39 is 0 Å². The van der Waals surface area contributed by atoms with Crippen LogP contribution in [0, 0.1) is 13.8 Å². The van der Waals surface area contributed by atoms with Gasteiger partial charge in [0, 0.05) is 18.0 Å². The van der Waals surface area contributed by atoms with Crippen molar-refractivity contribution < 1.29 is 4.74 Å². The van der Waals surface area contributed by atoms with Crippen LogP contribution in [0.2, 0.25) is 0 Å². The second kappa shape index (κ2) is 4.66. The number of pyridine rings is 1. The molecule has 0 radical (unpaired) electrons. The molecule has 0 N–H and O–H groups in total. The van der Waals surface area contributed by atoms with Gasteiger partial charge >= 0.3 is 0 Å². The van der Waals surface area contributed by atoms with Gasteiger partial charge in [-0.1, -0.05) is 6.07 Å². The monoisotopic (exact) mass is 277 g/mol. The molecule has 2 rings (SSSR count). The van der Waals surface area contributed by atoms with Crippen molar-refractivity contribution in [3.05, 3.63) is 52.3 Å². The van der Waals surface area contributed by atoms with Crippen LogP contribution in [0.4, 0.5) is 0 Å². The molecule has 2 aromatic rings. The van der Waals surface area contributed by atoms with Gasteiger partial charge in [-0.15, -0.1) is 0 Å². The standard InChI is InChI=1S/C13H12BrNO/c1-9-3-4-13(11(14)7-9)16-12-5-6-15-8-10(12)2/h3-8H,1-2H3. The molecule has 0 fully saturated rings. The minimum Gasteiger partial charge on any atom is -0.456 e. The summed E-state index contributed by atoms with van der Waals surface area (Å²) in [5.41, 5.74) is 2.22. The van der Waals surface area contributed by atoms with Crippen LogP contribution in [0.5, 0.6) is 11.5 Å². The first kappa shape index (κ1) is 11.1. The number of rotatable bonds is 2. The topological polar surface area (TPSA) is 22.1 Å². The molecule has 0 atom stereocenters. The molecule has 2 nitrogen and oxygen atoms in total. The van der Waals surface area contributed by atoms with Crippen LogP contribution in [0.1, 0.15) is 11.1 Å². The van der Waals surface area contributed by atoms with Gasteiger partial charge in [-0.05, 0) is 53.5 Å². The maximum atomic E-state index is 5.81. The molecule has 0 aliphatic heterocycles. The number of aromatic nitrogens is 1. The Hall–Kier alpha value is -1.35. The van der Waals surface area contributed by atoms with Crippen molar-refractivity contribution in [1.82, 2.24) is 4.98 Å². The molecule has 1 aromatic carbocycles. The second-order valence-electron chi connectivity index (χ2n) is 3.68. The molecular weight excluding hydrogens is 266 g/mol. The van der Waals surface area contributed by atoms with Gasteiger partial charge in [-0.25, -0.2) is 0 Å². The summed E-state index contributed by atoms with van der Waals surface area (Å²) in [5, 5.41) is 0. The normalized spacial score (nSPS) is 10.2. The van der Waals surface area contributed by atoms with Crippen LogP contribution in [0.25, 0.3) is 0 Å². The molecule has 3 heteroatoms. The van der Waals surface area contributed by atoms with E-state index in [2.05, 4.69) is 20.9 Å². The van der Waals surface area contributed by atoms with Crippen LogP contribution in [0.15, 0.2) is 41.1 Å². The Balaban J connectivity index is 2.31. The Morgan fingerprint density at radius 2 is 1.94 bits per heavy atom. The summed E-state index contributed by atoms with van der Waals surface area (Å²) in [6, 6.07) is 7.88. The summed E-state index contributed by atoms with van der Waals surface area (Å²) in [6.07, 6.45) is 3.52. The molecule has 16 heavy (non-hydrogen) atoms. The molecule has 0 amide bonds. The fourth-order valence-corrected chi connectivity index (χ4v) is 1.96. The molecule has 0 saturated carbocycles. The lowest BCUT2D eigenvalue weighted by molar-refractivity contribution is 0.475. The van der Waals surface area contributed by atoms with Gasteiger partial charge in [-0.2, -0.15) is 0 Å². The Kier molecular flexibility index (Phi) is 3.25. The zero-order valence-electron chi connectivity index (χ0n) is 9.20. The Labute approximate surface area is 103 Å². The van der Waals surface area contributed by atoms with Crippen molar-refractivity contribution in [2.75, 3.05) is 0 Å². The lowest BCUT2D eigenvalue weighted by atomic mass is 10.2. The van der Waals surface area contributed by atoms with E-state index in [1.54, 1.807) is 12.4 Å². The molecule has 1 heterocycles. The van der Waals surface area contributed by atoms with Crippen molar-refractivity contribution in [2.45, 2.75) is 13.8 Å². The van der Waals surface area contributed by atoms with Crippen molar-refractivity contribution in [3.63, 3.8) is 0 Å². The largest absolute Gasteiger partial charge is 0.456 e. The van der Waals surface area contributed by atoms with Crippen molar-refractivity contribution in [3.8, 4) is 11.5 Å². The Morgan fingerprint density at radius 1 is 1.12 bits per heavy atom. The van der Waals surface area contributed by atoms with Crippen LogP contribution in [0.3, 0.4) is 0 Å². The number of hydrogen-bond donors (Lipinski definition) is 0. The number of halogens is 1. The molecule has 0 aliphatic carbocycles. The minimum atomic E-state index is 0.819. The molecular formula is C13H12BrNO. The third-order valence-corrected chi connectivity index (χ3v) is 2.90. The summed E-state index contributed by atoms with van der Waals surface area (Å²) in [7, 11) is 0. The van der Waals surface area contributed by atoms with Crippen LogP contribution >= 0.6 is 15.9 Å². The van der Waals surface area contributed by atoms with Crippen LogP contribution in [-0.2, 0) is 0 Å². The van der Waals surface area contributed by atoms with Gasteiger partial charge in [0.05, 0.1) is 4.47 Å². The minimum absolute atomic E-state index is 0.819. The molecule has 0 aliphatic rings. The van der Waals surface area contributed by atoms with Gasteiger partial charge < -0.3 is 4.74 Å². The molecule has 0 saturated heterocycles. The molecule has 0 spiro atoms. The highest BCUT2D eigenvalue weighted by atomic mass is 79.9. The number of benzene rings is 1. The lowest BCUT2D eigenvalue weighted by Crippen LogP contribution is -1.89. The highest BCUT2D eigenvalue weighted by Gasteiger charge is 2.04. The van der Waals surface area contributed by atoms with E-state index in [1.165, 1.54) is 5.56 Å². The Bertz CT molecular complexity index is 511. The van der Waals surface area contributed by atoms with Crippen molar-refractivity contribution >= 4 is 15.9 Å². The second-order valence-corrected chi connectivity index (χ2v) is 4.53. The quantitative estimate of drug-likeness (QED) is 0.819. The third-order valence-electron chi connectivity index (χ3n) is 2.28. The lowest BCUT2D eigenvalue weighted by Gasteiger charge is -2.09. The first-order valence-corrected chi connectivity index (χ1v) is 5.81. The maximum Gasteiger partial charge on any atom is 0.141 e. The van der Waals surface area contributed by atoms with Gasteiger partial charge in [0.25, 0.3) is 0 Å². The number of nitrogens with zero attached hydrogens (tertiary/aromatic N) is 1. The summed E-state index contributed by atoms with van der Waals surface area (Å²) >= 11 is 3.49. The van der Waals surface area contributed by atoms with E-state index in [9.17, 15) is 0 Å². The van der Waals surface area contributed by atoms with Gasteiger partial charge in [0.1, 0.15) is 11.5 Å². The van der Waals surface area contributed by atoms with E-state index in [0.29, 0.717) is 0 Å². The highest BCUT2D eigenvalue weighted by Crippen LogP contribution is 2.31. The average molecular weight is 278 g/mol. The van der Waals surface area contributed by atoms with Crippen molar-refractivity contribution in [1.29, 1.82) is 0 Å². The number of ether oxygens (including phenoxy) is 1. The summed E-state index contributed by atoms with van der Waals surface area (Å²) in [6.45, 7) is 4.02. The number of aryl methyl sites for hydroxylation is 2. The summed E-state index contributed by atoms with van der Waals surface area (Å²) < 4.78 is 6.77. The predicted molar refractivity (Wildman–Crippen MR) is 67.9 cm³/mol. The van der Waals surface area contributed by atoms with E-state index >= 15 is 0 Å². The molecule has 0 unspecified atom stereocenters. The zero-order valence-corrected chi connectivity index (χ0v) is 10.8. The number of hydrogen-bond acceptors (Lipinski definition) is 2. The van der Waals surface area contributed by atoms with Crippen LogP contribution in [-0.4, -0.2) is 4.98 Å². The SMILES string of the molecule is Cc1ccc(Oc2ccncc2C)c(Br)c1. The average Bonchev–Trinajstić information content (AvgIpc) is 2.25. The van der Waals surface area contributed by atoms with E-state index in [0.717, 1.165) is 21.5 Å². The van der Waals surface area contributed by atoms with Crippen molar-refractivity contribution in [2.24, 2.45) is 0 Å². The molecule has 1 aromatic heterocycles. The van der Waals surface area contributed by atoms with Gasteiger partial charge in [-0.3, -0.25) is 4.98 Å². The first-order chi connectivity index (χ1) is 7.66. The van der Waals surface area contributed by atoms with E-state index in [-0.39, 0.29) is 0 Å².